The quantitative estimate of drug-likeness (QED) is 0.774. The predicted molar refractivity (Wildman–Crippen MR) is 59.8 cm³/mol. The Kier molecular flexibility index (Phi) is 2.10. The summed E-state index contributed by atoms with van der Waals surface area (Å²) < 4.78 is 0. The third kappa shape index (κ3) is 1.67. The van der Waals surface area contributed by atoms with Crippen LogP contribution < -0.4 is 10.2 Å². The Morgan fingerprint density at radius 3 is 2.64 bits per heavy atom. The van der Waals surface area contributed by atoms with Crippen LogP contribution in [0.4, 0.5) is 11.6 Å². The zero-order valence-electron chi connectivity index (χ0n) is 9.04. The molecule has 2 rings (SSSR count). The summed E-state index contributed by atoms with van der Waals surface area (Å²) in [4.78, 5) is 6.80. The molecule has 0 aromatic carbocycles. The van der Waals surface area contributed by atoms with E-state index in [1.807, 2.05) is 19.2 Å². The van der Waals surface area contributed by atoms with Gasteiger partial charge in [-0.05, 0) is 17.5 Å². The SMILES string of the molecule is CNc1cccc(N2CC(C)(C)C2)n1. The van der Waals surface area contributed by atoms with Crippen LogP contribution in [0.3, 0.4) is 0 Å². The number of hydrogen-bond donors (Lipinski definition) is 1. The van der Waals surface area contributed by atoms with E-state index < -0.39 is 0 Å². The standard InChI is InChI=1S/C11H17N3/c1-11(2)7-14(8-11)10-6-4-5-9(12-3)13-10/h4-6H,7-8H2,1-3H3,(H,12,13). The van der Waals surface area contributed by atoms with Gasteiger partial charge < -0.3 is 10.2 Å². The molecule has 1 aromatic heterocycles. The van der Waals surface area contributed by atoms with E-state index in [4.69, 9.17) is 0 Å². The molecule has 0 spiro atoms. The first-order valence-corrected chi connectivity index (χ1v) is 5.00. The molecule has 0 bridgehead atoms. The summed E-state index contributed by atoms with van der Waals surface area (Å²) in [6.07, 6.45) is 0. The van der Waals surface area contributed by atoms with E-state index in [0.29, 0.717) is 5.41 Å². The number of aromatic nitrogens is 1. The highest BCUT2D eigenvalue weighted by atomic mass is 15.3. The molecule has 1 aromatic rings. The van der Waals surface area contributed by atoms with Gasteiger partial charge in [-0.1, -0.05) is 19.9 Å². The van der Waals surface area contributed by atoms with E-state index in [-0.39, 0.29) is 0 Å². The van der Waals surface area contributed by atoms with Crippen LogP contribution in [0.1, 0.15) is 13.8 Å². The van der Waals surface area contributed by atoms with Gasteiger partial charge in [0.2, 0.25) is 0 Å². The lowest BCUT2D eigenvalue weighted by molar-refractivity contribution is 0.274. The van der Waals surface area contributed by atoms with E-state index in [0.717, 1.165) is 24.7 Å². The number of hydrogen-bond acceptors (Lipinski definition) is 3. The molecule has 0 atom stereocenters. The molecule has 1 aliphatic heterocycles. The third-order valence-electron chi connectivity index (χ3n) is 2.55. The summed E-state index contributed by atoms with van der Waals surface area (Å²) in [7, 11) is 1.89. The van der Waals surface area contributed by atoms with Crippen LogP contribution in [0.15, 0.2) is 18.2 Å². The van der Waals surface area contributed by atoms with Gasteiger partial charge in [-0.2, -0.15) is 0 Å². The first kappa shape index (κ1) is 9.31. The lowest BCUT2D eigenvalue weighted by atomic mass is 9.84. The Bertz CT molecular complexity index is 325. The number of pyridine rings is 1. The number of rotatable bonds is 2. The molecule has 1 fully saturated rings. The van der Waals surface area contributed by atoms with Crippen molar-refractivity contribution in [2.45, 2.75) is 13.8 Å². The highest BCUT2D eigenvalue weighted by Crippen LogP contribution is 2.32. The zero-order valence-corrected chi connectivity index (χ0v) is 9.04. The second-order valence-corrected chi connectivity index (χ2v) is 4.65. The minimum atomic E-state index is 0.456. The minimum Gasteiger partial charge on any atom is -0.373 e. The fourth-order valence-electron chi connectivity index (χ4n) is 1.89. The van der Waals surface area contributed by atoms with Gasteiger partial charge in [-0.25, -0.2) is 4.98 Å². The molecule has 76 valence electrons. The predicted octanol–water partition coefficient (Wildman–Crippen LogP) is 1.97. The van der Waals surface area contributed by atoms with Gasteiger partial charge in [-0.15, -0.1) is 0 Å². The van der Waals surface area contributed by atoms with Crippen molar-refractivity contribution in [1.82, 2.24) is 4.98 Å². The molecule has 2 heterocycles. The van der Waals surface area contributed by atoms with Crippen LogP contribution >= 0.6 is 0 Å². The Morgan fingerprint density at radius 1 is 1.36 bits per heavy atom. The lowest BCUT2D eigenvalue weighted by Crippen LogP contribution is -2.53. The fraction of sp³-hybridized carbons (Fsp3) is 0.545. The molecule has 14 heavy (non-hydrogen) atoms. The van der Waals surface area contributed by atoms with Gasteiger partial charge in [0.05, 0.1) is 0 Å². The summed E-state index contributed by atoms with van der Waals surface area (Å²) in [6.45, 7) is 6.77. The van der Waals surface area contributed by atoms with E-state index in [1.165, 1.54) is 0 Å². The van der Waals surface area contributed by atoms with Crippen molar-refractivity contribution in [3.05, 3.63) is 18.2 Å². The average Bonchev–Trinajstić information content (AvgIpc) is 2.14. The van der Waals surface area contributed by atoms with Crippen molar-refractivity contribution in [1.29, 1.82) is 0 Å². The van der Waals surface area contributed by atoms with Crippen LogP contribution in [0.25, 0.3) is 0 Å². The molecule has 0 unspecified atom stereocenters. The smallest absolute Gasteiger partial charge is 0.130 e. The maximum Gasteiger partial charge on any atom is 0.130 e. The molecular weight excluding hydrogens is 174 g/mol. The van der Waals surface area contributed by atoms with Gasteiger partial charge in [-0.3, -0.25) is 0 Å². The largest absolute Gasteiger partial charge is 0.373 e. The number of nitrogens with one attached hydrogen (secondary N) is 1. The Hall–Kier alpha value is -1.25. The molecule has 1 aliphatic rings. The fourth-order valence-corrected chi connectivity index (χ4v) is 1.89. The maximum absolute atomic E-state index is 4.49. The molecule has 1 N–H and O–H groups in total. The summed E-state index contributed by atoms with van der Waals surface area (Å²) in [5.74, 6) is 2.02. The molecule has 0 amide bonds. The lowest BCUT2D eigenvalue weighted by Gasteiger charge is -2.46. The molecular formula is C11H17N3. The Balaban J connectivity index is 2.11. The van der Waals surface area contributed by atoms with Gasteiger partial charge in [0.15, 0.2) is 0 Å². The van der Waals surface area contributed by atoms with Crippen molar-refractivity contribution < 1.29 is 0 Å². The zero-order chi connectivity index (χ0) is 10.2. The van der Waals surface area contributed by atoms with Crippen LogP contribution in [0, 0.1) is 5.41 Å². The Morgan fingerprint density at radius 2 is 2.07 bits per heavy atom. The summed E-state index contributed by atoms with van der Waals surface area (Å²) in [5, 5.41) is 3.05. The minimum absolute atomic E-state index is 0.456. The van der Waals surface area contributed by atoms with Gasteiger partial charge in [0.25, 0.3) is 0 Å². The van der Waals surface area contributed by atoms with Crippen LogP contribution in [0.5, 0.6) is 0 Å². The van der Waals surface area contributed by atoms with E-state index in [2.05, 4.69) is 35.1 Å². The number of nitrogens with zero attached hydrogens (tertiary/aromatic N) is 2. The van der Waals surface area contributed by atoms with Crippen molar-refractivity contribution in [3.8, 4) is 0 Å². The second-order valence-electron chi connectivity index (χ2n) is 4.65. The van der Waals surface area contributed by atoms with E-state index in [9.17, 15) is 0 Å². The van der Waals surface area contributed by atoms with Crippen molar-refractivity contribution in [2.24, 2.45) is 5.41 Å². The van der Waals surface area contributed by atoms with E-state index in [1.54, 1.807) is 0 Å². The maximum atomic E-state index is 4.49. The highest BCUT2D eigenvalue weighted by molar-refractivity contribution is 5.49. The molecule has 1 saturated heterocycles. The van der Waals surface area contributed by atoms with Crippen LogP contribution in [-0.4, -0.2) is 25.1 Å². The number of anilines is 2. The van der Waals surface area contributed by atoms with Crippen molar-refractivity contribution in [3.63, 3.8) is 0 Å². The monoisotopic (exact) mass is 191 g/mol. The van der Waals surface area contributed by atoms with Crippen LogP contribution in [0.2, 0.25) is 0 Å². The topological polar surface area (TPSA) is 28.2 Å². The summed E-state index contributed by atoms with van der Waals surface area (Å²) in [6, 6.07) is 6.09. The first-order chi connectivity index (χ1) is 6.61. The van der Waals surface area contributed by atoms with Gasteiger partial charge in [0, 0.05) is 20.1 Å². The van der Waals surface area contributed by atoms with Gasteiger partial charge >= 0.3 is 0 Å². The van der Waals surface area contributed by atoms with Crippen molar-refractivity contribution in [2.75, 3.05) is 30.4 Å². The molecule has 0 radical (unpaired) electrons. The molecule has 3 heteroatoms. The normalized spacial score (nSPS) is 18.9. The second kappa shape index (κ2) is 3.15. The average molecular weight is 191 g/mol. The molecule has 3 nitrogen and oxygen atoms in total. The third-order valence-corrected chi connectivity index (χ3v) is 2.55. The highest BCUT2D eigenvalue weighted by Gasteiger charge is 2.34. The van der Waals surface area contributed by atoms with Gasteiger partial charge in [0.1, 0.15) is 11.6 Å². The van der Waals surface area contributed by atoms with Crippen molar-refractivity contribution >= 4 is 11.6 Å². The molecule has 0 aliphatic carbocycles. The summed E-state index contributed by atoms with van der Waals surface area (Å²) in [5.41, 5.74) is 0.456. The van der Waals surface area contributed by atoms with E-state index >= 15 is 0 Å². The molecule has 0 saturated carbocycles. The van der Waals surface area contributed by atoms with Crippen LogP contribution in [-0.2, 0) is 0 Å². The summed E-state index contributed by atoms with van der Waals surface area (Å²) >= 11 is 0. The first-order valence-electron chi connectivity index (χ1n) is 5.00. The Labute approximate surface area is 85.1 Å².